The van der Waals surface area contributed by atoms with E-state index in [-0.39, 0.29) is 18.2 Å². The van der Waals surface area contributed by atoms with Crippen molar-refractivity contribution in [2.45, 2.75) is 19.1 Å². The fourth-order valence-corrected chi connectivity index (χ4v) is 1.51. The molecule has 1 amide bonds. The molecule has 2 N–H and O–H groups in total. The highest BCUT2D eigenvalue weighted by atomic mass is 16.6. The third kappa shape index (κ3) is 2.36. The van der Waals surface area contributed by atoms with Gasteiger partial charge in [-0.05, 0) is 21.0 Å². The van der Waals surface area contributed by atoms with Gasteiger partial charge in [0.1, 0.15) is 6.10 Å². The summed E-state index contributed by atoms with van der Waals surface area (Å²) in [5, 5.41) is 0. The summed E-state index contributed by atoms with van der Waals surface area (Å²) in [5.41, 5.74) is 5.49. The number of ether oxygens (including phenoxy) is 1. The molecule has 82 valence electrons. The first-order valence-corrected chi connectivity index (χ1v) is 4.88. The molecule has 1 aliphatic rings. The normalized spacial score (nSPS) is 27.2. The molecule has 1 aliphatic heterocycles. The molecule has 14 heavy (non-hydrogen) atoms. The molecule has 0 bridgehead atoms. The SMILES string of the molecule is CC1C(CN)OC(=O)N1CCN(C)C. The lowest BCUT2D eigenvalue weighted by molar-refractivity contribution is 0.132. The van der Waals surface area contributed by atoms with Gasteiger partial charge in [0.25, 0.3) is 0 Å². The summed E-state index contributed by atoms with van der Waals surface area (Å²) in [6.45, 7) is 3.91. The van der Waals surface area contributed by atoms with E-state index in [0.717, 1.165) is 6.54 Å². The van der Waals surface area contributed by atoms with Crippen LogP contribution in [0.15, 0.2) is 0 Å². The Kier molecular flexibility index (Phi) is 3.71. The molecule has 0 aromatic heterocycles. The lowest BCUT2D eigenvalue weighted by Gasteiger charge is -2.21. The molecule has 2 unspecified atom stereocenters. The van der Waals surface area contributed by atoms with E-state index in [9.17, 15) is 4.79 Å². The summed E-state index contributed by atoms with van der Waals surface area (Å²) in [5.74, 6) is 0. The fourth-order valence-electron chi connectivity index (χ4n) is 1.51. The number of hydrogen-bond acceptors (Lipinski definition) is 4. The number of nitrogens with two attached hydrogens (primary N) is 1. The van der Waals surface area contributed by atoms with Crippen molar-refractivity contribution < 1.29 is 9.53 Å². The molecule has 0 aliphatic carbocycles. The number of rotatable bonds is 4. The Balaban J connectivity index is 2.48. The summed E-state index contributed by atoms with van der Waals surface area (Å²) in [6.07, 6.45) is -0.389. The van der Waals surface area contributed by atoms with E-state index >= 15 is 0 Å². The van der Waals surface area contributed by atoms with Crippen LogP contribution in [-0.2, 0) is 4.74 Å². The Labute approximate surface area is 84.8 Å². The number of carbonyl (C=O) groups excluding carboxylic acids is 1. The second-order valence-corrected chi connectivity index (χ2v) is 3.90. The summed E-state index contributed by atoms with van der Waals surface area (Å²) >= 11 is 0. The molecule has 2 atom stereocenters. The van der Waals surface area contributed by atoms with Gasteiger partial charge >= 0.3 is 6.09 Å². The van der Waals surface area contributed by atoms with E-state index in [1.54, 1.807) is 4.90 Å². The summed E-state index contributed by atoms with van der Waals surface area (Å²) < 4.78 is 5.11. The van der Waals surface area contributed by atoms with Gasteiger partial charge in [-0.15, -0.1) is 0 Å². The molecule has 5 heteroatoms. The van der Waals surface area contributed by atoms with Crippen LogP contribution >= 0.6 is 0 Å². The number of hydrogen-bond donors (Lipinski definition) is 1. The second-order valence-electron chi connectivity index (χ2n) is 3.90. The van der Waals surface area contributed by atoms with Crippen LogP contribution in [0, 0.1) is 0 Å². The van der Waals surface area contributed by atoms with E-state index in [1.165, 1.54) is 0 Å². The number of cyclic esters (lactones) is 1. The molecule has 1 fully saturated rings. The maximum Gasteiger partial charge on any atom is 0.410 e. The van der Waals surface area contributed by atoms with Gasteiger partial charge < -0.3 is 20.3 Å². The van der Waals surface area contributed by atoms with Crippen LogP contribution in [0.5, 0.6) is 0 Å². The molecular formula is C9H19N3O2. The zero-order valence-electron chi connectivity index (χ0n) is 9.06. The van der Waals surface area contributed by atoms with Gasteiger partial charge in [0.2, 0.25) is 0 Å². The van der Waals surface area contributed by atoms with Crippen LogP contribution < -0.4 is 5.73 Å². The fraction of sp³-hybridized carbons (Fsp3) is 0.889. The highest BCUT2D eigenvalue weighted by Gasteiger charge is 2.37. The zero-order chi connectivity index (χ0) is 10.7. The monoisotopic (exact) mass is 201 g/mol. The van der Waals surface area contributed by atoms with Crippen LogP contribution in [0.25, 0.3) is 0 Å². The van der Waals surface area contributed by atoms with Gasteiger partial charge in [0.05, 0.1) is 6.04 Å². The lowest BCUT2D eigenvalue weighted by Crippen LogP contribution is -2.40. The quantitative estimate of drug-likeness (QED) is 0.679. The molecule has 0 aromatic carbocycles. The van der Waals surface area contributed by atoms with E-state index in [0.29, 0.717) is 13.1 Å². The minimum absolute atomic E-state index is 0.0902. The highest BCUT2D eigenvalue weighted by Crippen LogP contribution is 2.17. The van der Waals surface area contributed by atoms with Crippen LogP contribution in [0.2, 0.25) is 0 Å². The van der Waals surface area contributed by atoms with Crippen molar-refractivity contribution in [1.29, 1.82) is 0 Å². The van der Waals surface area contributed by atoms with E-state index in [4.69, 9.17) is 10.5 Å². The van der Waals surface area contributed by atoms with Crippen molar-refractivity contribution in [2.75, 3.05) is 33.7 Å². The van der Waals surface area contributed by atoms with Crippen molar-refractivity contribution in [1.82, 2.24) is 9.80 Å². The topological polar surface area (TPSA) is 58.8 Å². The minimum Gasteiger partial charge on any atom is -0.443 e. The molecular weight excluding hydrogens is 182 g/mol. The van der Waals surface area contributed by atoms with Gasteiger partial charge in [0, 0.05) is 19.6 Å². The smallest absolute Gasteiger partial charge is 0.410 e. The van der Waals surface area contributed by atoms with Gasteiger partial charge in [-0.3, -0.25) is 0 Å². The number of likely N-dealkylation sites (N-methyl/N-ethyl adjacent to an activating group) is 1. The average molecular weight is 201 g/mol. The molecule has 0 saturated carbocycles. The third-order valence-corrected chi connectivity index (χ3v) is 2.54. The molecule has 1 saturated heterocycles. The molecule has 0 aromatic rings. The number of amides is 1. The minimum atomic E-state index is -0.241. The van der Waals surface area contributed by atoms with Crippen molar-refractivity contribution in [3.8, 4) is 0 Å². The first kappa shape index (κ1) is 11.3. The first-order valence-electron chi connectivity index (χ1n) is 4.88. The van der Waals surface area contributed by atoms with Gasteiger partial charge in [-0.25, -0.2) is 4.79 Å². The number of nitrogens with zero attached hydrogens (tertiary/aromatic N) is 2. The van der Waals surface area contributed by atoms with Crippen LogP contribution in [-0.4, -0.2) is 61.8 Å². The Bertz CT molecular complexity index is 208. The van der Waals surface area contributed by atoms with Gasteiger partial charge in [0.15, 0.2) is 0 Å². The second kappa shape index (κ2) is 4.61. The molecule has 0 radical (unpaired) electrons. The van der Waals surface area contributed by atoms with E-state index in [1.807, 2.05) is 25.9 Å². The molecule has 0 spiro atoms. The Hall–Kier alpha value is -0.810. The summed E-state index contributed by atoms with van der Waals surface area (Å²) in [4.78, 5) is 15.2. The zero-order valence-corrected chi connectivity index (χ0v) is 9.06. The van der Waals surface area contributed by atoms with Gasteiger partial charge in [-0.2, -0.15) is 0 Å². The molecule has 1 rings (SSSR count). The van der Waals surface area contributed by atoms with E-state index in [2.05, 4.69) is 0 Å². The highest BCUT2D eigenvalue weighted by molar-refractivity contribution is 5.70. The maximum absolute atomic E-state index is 11.4. The van der Waals surface area contributed by atoms with Crippen LogP contribution in [0.4, 0.5) is 4.79 Å². The third-order valence-electron chi connectivity index (χ3n) is 2.54. The summed E-state index contributed by atoms with van der Waals surface area (Å²) in [7, 11) is 3.96. The Morgan fingerprint density at radius 3 is 2.64 bits per heavy atom. The Morgan fingerprint density at radius 1 is 1.57 bits per heavy atom. The Morgan fingerprint density at radius 2 is 2.21 bits per heavy atom. The molecule has 1 heterocycles. The predicted octanol–water partition coefficient (Wildman–Crippen LogP) is -0.284. The summed E-state index contributed by atoms with van der Waals surface area (Å²) in [6, 6.07) is 0.0902. The van der Waals surface area contributed by atoms with Crippen LogP contribution in [0.1, 0.15) is 6.92 Å². The van der Waals surface area contributed by atoms with E-state index < -0.39 is 0 Å². The van der Waals surface area contributed by atoms with Crippen molar-refractivity contribution in [3.63, 3.8) is 0 Å². The van der Waals surface area contributed by atoms with Gasteiger partial charge in [-0.1, -0.05) is 0 Å². The van der Waals surface area contributed by atoms with Crippen molar-refractivity contribution in [3.05, 3.63) is 0 Å². The molecule has 5 nitrogen and oxygen atoms in total. The van der Waals surface area contributed by atoms with Crippen molar-refractivity contribution in [2.24, 2.45) is 5.73 Å². The largest absolute Gasteiger partial charge is 0.443 e. The predicted molar refractivity (Wildman–Crippen MR) is 54.0 cm³/mol. The lowest BCUT2D eigenvalue weighted by atomic mass is 10.2. The average Bonchev–Trinajstić information content (AvgIpc) is 2.39. The first-order chi connectivity index (χ1) is 6.56. The van der Waals surface area contributed by atoms with Crippen LogP contribution in [0.3, 0.4) is 0 Å². The standard InChI is InChI=1S/C9H19N3O2/c1-7-8(6-10)14-9(13)12(7)5-4-11(2)3/h7-8H,4-6,10H2,1-3H3. The van der Waals surface area contributed by atoms with Crippen molar-refractivity contribution >= 4 is 6.09 Å². The maximum atomic E-state index is 11.4. The number of carbonyl (C=O) groups is 1.